The number of carboxylic acids is 1. The minimum atomic E-state index is -1.05. The molecule has 1 unspecified atom stereocenters. The second kappa shape index (κ2) is 6.79. The molecule has 1 atom stereocenters. The van der Waals surface area contributed by atoms with E-state index in [-0.39, 0.29) is 18.7 Å². The first-order valence-corrected chi connectivity index (χ1v) is 6.70. The van der Waals surface area contributed by atoms with Crippen molar-refractivity contribution in [1.29, 1.82) is 0 Å². The molecule has 0 fully saturated rings. The van der Waals surface area contributed by atoms with Crippen LogP contribution in [0, 0.1) is 0 Å². The molecule has 0 radical (unpaired) electrons. The van der Waals surface area contributed by atoms with Crippen LogP contribution in [0.1, 0.15) is 19.2 Å². The Morgan fingerprint density at radius 1 is 1.36 bits per heavy atom. The number of nitrogens with zero attached hydrogens (tertiary/aromatic N) is 4. The third kappa shape index (κ3) is 3.66. The summed E-state index contributed by atoms with van der Waals surface area (Å²) in [5.41, 5.74) is 0.771. The molecule has 0 aliphatic carbocycles. The molecule has 0 aromatic carbocycles. The quantitative estimate of drug-likeness (QED) is 0.847. The van der Waals surface area contributed by atoms with Gasteiger partial charge in [0, 0.05) is 37.8 Å². The van der Waals surface area contributed by atoms with Crippen LogP contribution >= 0.6 is 0 Å². The standard InChI is InChI=1S/C14H16N4O4/c1-9(14(20)21)18(2)12(19)4-3-11-16-13(17-22-11)10-5-7-15-8-6-10/h5-9H,3-4H2,1-2H3,(H,20,21). The molecule has 1 N–H and O–H groups in total. The van der Waals surface area contributed by atoms with Crippen molar-refractivity contribution in [2.75, 3.05) is 7.05 Å². The number of aliphatic carboxylic acids is 1. The number of likely N-dealkylation sites (N-methyl/N-ethyl adjacent to an activating group) is 1. The number of carbonyl (C=O) groups is 2. The summed E-state index contributed by atoms with van der Waals surface area (Å²) in [6, 6.07) is 2.63. The number of rotatable bonds is 6. The lowest BCUT2D eigenvalue weighted by molar-refractivity contribution is -0.148. The zero-order chi connectivity index (χ0) is 16.1. The second-order valence-corrected chi connectivity index (χ2v) is 4.77. The monoisotopic (exact) mass is 304 g/mol. The number of hydrogen-bond acceptors (Lipinski definition) is 6. The van der Waals surface area contributed by atoms with Gasteiger partial charge in [0.25, 0.3) is 0 Å². The van der Waals surface area contributed by atoms with Crippen molar-refractivity contribution in [3.8, 4) is 11.4 Å². The third-order valence-corrected chi connectivity index (χ3v) is 3.29. The summed E-state index contributed by atoms with van der Waals surface area (Å²) < 4.78 is 5.09. The molecule has 0 saturated heterocycles. The van der Waals surface area contributed by atoms with Crippen molar-refractivity contribution in [1.82, 2.24) is 20.0 Å². The fourth-order valence-electron chi connectivity index (χ4n) is 1.75. The molecule has 2 aromatic heterocycles. The maximum Gasteiger partial charge on any atom is 0.326 e. The molecule has 0 bridgehead atoms. The number of hydrogen-bond donors (Lipinski definition) is 1. The van der Waals surface area contributed by atoms with E-state index in [1.165, 1.54) is 18.9 Å². The largest absolute Gasteiger partial charge is 0.480 e. The summed E-state index contributed by atoms with van der Waals surface area (Å²) in [6.45, 7) is 1.45. The molecule has 1 amide bonds. The predicted octanol–water partition coefficient (Wildman–Crippen LogP) is 0.996. The van der Waals surface area contributed by atoms with Crippen LogP contribution in [0.25, 0.3) is 11.4 Å². The van der Waals surface area contributed by atoms with Crippen molar-refractivity contribution in [3.63, 3.8) is 0 Å². The number of carbonyl (C=O) groups excluding carboxylic acids is 1. The average molecular weight is 304 g/mol. The topological polar surface area (TPSA) is 109 Å². The maximum atomic E-state index is 11.9. The zero-order valence-corrected chi connectivity index (χ0v) is 12.3. The number of pyridine rings is 1. The molecule has 116 valence electrons. The van der Waals surface area contributed by atoms with E-state index in [9.17, 15) is 9.59 Å². The lowest BCUT2D eigenvalue weighted by Crippen LogP contribution is -2.40. The van der Waals surface area contributed by atoms with Crippen LogP contribution in [-0.4, -0.2) is 50.1 Å². The highest BCUT2D eigenvalue weighted by Gasteiger charge is 2.22. The van der Waals surface area contributed by atoms with Crippen molar-refractivity contribution in [3.05, 3.63) is 30.4 Å². The van der Waals surface area contributed by atoms with Crippen LogP contribution in [-0.2, 0) is 16.0 Å². The summed E-state index contributed by atoms with van der Waals surface area (Å²) in [4.78, 5) is 32.0. The van der Waals surface area contributed by atoms with E-state index < -0.39 is 12.0 Å². The van der Waals surface area contributed by atoms with Crippen molar-refractivity contribution < 1.29 is 19.2 Å². The highest BCUT2D eigenvalue weighted by Crippen LogP contribution is 2.15. The lowest BCUT2D eigenvalue weighted by Gasteiger charge is -2.20. The van der Waals surface area contributed by atoms with Crippen LogP contribution in [0.5, 0.6) is 0 Å². The Hall–Kier alpha value is -2.77. The molecule has 8 nitrogen and oxygen atoms in total. The fourth-order valence-corrected chi connectivity index (χ4v) is 1.75. The molecule has 2 aromatic rings. The van der Waals surface area contributed by atoms with E-state index in [1.807, 2.05) is 0 Å². The fraction of sp³-hybridized carbons (Fsp3) is 0.357. The van der Waals surface area contributed by atoms with Gasteiger partial charge in [-0.05, 0) is 19.1 Å². The number of amides is 1. The van der Waals surface area contributed by atoms with Crippen molar-refractivity contribution >= 4 is 11.9 Å². The Morgan fingerprint density at radius 2 is 2.05 bits per heavy atom. The summed E-state index contributed by atoms with van der Waals surface area (Å²) >= 11 is 0. The first-order chi connectivity index (χ1) is 10.5. The molecule has 8 heteroatoms. The summed E-state index contributed by atoms with van der Waals surface area (Å²) in [5.74, 6) is -0.583. The Labute approximate surface area is 126 Å². The molecule has 0 spiro atoms. The first kappa shape index (κ1) is 15.6. The molecular weight excluding hydrogens is 288 g/mol. The molecule has 2 rings (SSSR count). The van der Waals surface area contributed by atoms with E-state index in [0.717, 1.165) is 5.56 Å². The minimum absolute atomic E-state index is 0.103. The molecule has 0 aliphatic rings. The van der Waals surface area contributed by atoms with Crippen LogP contribution in [0.2, 0.25) is 0 Å². The van der Waals surface area contributed by atoms with E-state index >= 15 is 0 Å². The van der Waals surface area contributed by atoms with Crippen molar-refractivity contribution in [2.45, 2.75) is 25.8 Å². The second-order valence-electron chi connectivity index (χ2n) is 4.77. The van der Waals surface area contributed by atoms with E-state index in [0.29, 0.717) is 11.7 Å². The van der Waals surface area contributed by atoms with Crippen LogP contribution in [0.4, 0.5) is 0 Å². The van der Waals surface area contributed by atoms with Gasteiger partial charge < -0.3 is 14.5 Å². The lowest BCUT2D eigenvalue weighted by atomic mass is 10.2. The van der Waals surface area contributed by atoms with Gasteiger partial charge in [0.2, 0.25) is 17.6 Å². The summed E-state index contributed by atoms with van der Waals surface area (Å²) in [6.07, 6.45) is 3.61. The summed E-state index contributed by atoms with van der Waals surface area (Å²) in [7, 11) is 1.46. The van der Waals surface area contributed by atoms with E-state index in [2.05, 4.69) is 15.1 Å². The van der Waals surface area contributed by atoms with Crippen LogP contribution < -0.4 is 0 Å². The normalized spacial score (nSPS) is 11.9. The number of aryl methyl sites for hydroxylation is 1. The highest BCUT2D eigenvalue weighted by atomic mass is 16.5. The van der Waals surface area contributed by atoms with Crippen molar-refractivity contribution in [2.24, 2.45) is 0 Å². The Morgan fingerprint density at radius 3 is 2.68 bits per heavy atom. The van der Waals surface area contributed by atoms with Gasteiger partial charge in [-0.25, -0.2) is 4.79 Å². The Bertz CT molecular complexity index is 656. The molecular formula is C14H16N4O4. The molecule has 0 saturated carbocycles. The highest BCUT2D eigenvalue weighted by molar-refractivity contribution is 5.83. The molecule has 0 aliphatic heterocycles. The Balaban J connectivity index is 1.94. The van der Waals surface area contributed by atoms with Gasteiger partial charge in [0.15, 0.2) is 0 Å². The van der Waals surface area contributed by atoms with Gasteiger partial charge in [-0.15, -0.1) is 0 Å². The molecule has 22 heavy (non-hydrogen) atoms. The summed E-state index contributed by atoms with van der Waals surface area (Å²) in [5, 5.41) is 12.7. The van der Waals surface area contributed by atoms with Gasteiger partial charge in [-0.1, -0.05) is 5.16 Å². The Kier molecular flexibility index (Phi) is 4.82. The van der Waals surface area contributed by atoms with Gasteiger partial charge in [0.1, 0.15) is 6.04 Å². The number of carboxylic acid groups (broad SMARTS) is 1. The first-order valence-electron chi connectivity index (χ1n) is 6.70. The molecule has 2 heterocycles. The van der Waals surface area contributed by atoms with Crippen LogP contribution in [0.15, 0.2) is 29.0 Å². The average Bonchev–Trinajstić information content (AvgIpc) is 3.00. The van der Waals surface area contributed by atoms with Gasteiger partial charge >= 0.3 is 5.97 Å². The SMILES string of the molecule is CC(C(=O)O)N(C)C(=O)CCc1nc(-c2ccncc2)no1. The van der Waals surface area contributed by atoms with Gasteiger partial charge in [-0.2, -0.15) is 4.98 Å². The van der Waals surface area contributed by atoms with Gasteiger partial charge in [0.05, 0.1) is 0 Å². The van der Waals surface area contributed by atoms with Crippen LogP contribution in [0.3, 0.4) is 0 Å². The maximum absolute atomic E-state index is 11.9. The predicted molar refractivity (Wildman–Crippen MR) is 75.7 cm³/mol. The zero-order valence-electron chi connectivity index (χ0n) is 12.3. The smallest absolute Gasteiger partial charge is 0.326 e. The third-order valence-electron chi connectivity index (χ3n) is 3.29. The van der Waals surface area contributed by atoms with Gasteiger partial charge in [-0.3, -0.25) is 9.78 Å². The minimum Gasteiger partial charge on any atom is -0.480 e. The van der Waals surface area contributed by atoms with E-state index in [4.69, 9.17) is 9.63 Å². The van der Waals surface area contributed by atoms with E-state index in [1.54, 1.807) is 24.5 Å². The number of aromatic nitrogens is 3.